The van der Waals surface area contributed by atoms with Crippen molar-refractivity contribution in [1.29, 1.82) is 0 Å². The fraction of sp³-hybridized carbons (Fsp3) is 0.625. The second-order valence-electron chi connectivity index (χ2n) is 3.04. The fourth-order valence-electron chi connectivity index (χ4n) is 1.34. The third-order valence-corrected chi connectivity index (χ3v) is 2.30. The topological polar surface area (TPSA) is 63.3 Å². The number of nitrogens with two attached hydrogens (primary N) is 1. The van der Waals surface area contributed by atoms with Crippen LogP contribution in [0.2, 0.25) is 0 Å². The maximum atomic E-state index is 10.8. The molecule has 0 aromatic rings. The van der Waals surface area contributed by atoms with Crippen LogP contribution in [0.5, 0.6) is 0 Å². The molecule has 1 rings (SSSR count). The summed E-state index contributed by atoms with van der Waals surface area (Å²) in [6.45, 7) is 1.79. The van der Waals surface area contributed by atoms with E-state index in [2.05, 4.69) is 0 Å². The molecule has 1 amide bonds. The van der Waals surface area contributed by atoms with Gasteiger partial charge in [-0.05, 0) is 12.8 Å². The fourth-order valence-corrected chi connectivity index (χ4v) is 1.34. The molecular weight excluding hydrogens is 142 g/mol. The molecule has 0 saturated carbocycles. The Bertz CT molecular complexity index is 200. The molecule has 3 heteroatoms. The van der Waals surface area contributed by atoms with Crippen LogP contribution < -0.4 is 5.73 Å². The van der Waals surface area contributed by atoms with Crippen LogP contribution in [0.25, 0.3) is 0 Å². The number of hydrogen-bond donors (Lipinski definition) is 2. The van der Waals surface area contributed by atoms with Crippen LogP contribution in [0.15, 0.2) is 12.2 Å². The lowest BCUT2D eigenvalue weighted by molar-refractivity contribution is -0.141. The summed E-state index contributed by atoms with van der Waals surface area (Å²) in [5.41, 5.74) is 3.76. The Balaban J connectivity index is 2.85. The van der Waals surface area contributed by atoms with Gasteiger partial charge in [-0.2, -0.15) is 0 Å². The number of rotatable bonds is 1. The molecule has 3 N–H and O–H groups in total. The predicted octanol–water partition coefficient (Wildman–Crippen LogP) is 0.189. The highest BCUT2D eigenvalue weighted by atomic mass is 16.3. The van der Waals surface area contributed by atoms with E-state index in [9.17, 15) is 9.90 Å². The summed E-state index contributed by atoms with van der Waals surface area (Å²) in [5.74, 6) is -0.775. The third kappa shape index (κ3) is 1.28. The molecule has 0 bridgehead atoms. The molecule has 0 radical (unpaired) electrons. The van der Waals surface area contributed by atoms with E-state index in [1.54, 1.807) is 6.92 Å². The Hall–Kier alpha value is -0.830. The minimum absolute atomic E-state index is 0.159. The molecule has 0 saturated heterocycles. The molecule has 3 nitrogen and oxygen atoms in total. The summed E-state index contributed by atoms with van der Waals surface area (Å²) in [4.78, 5) is 10.8. The van der Waals surface area contributed by atoms with Crippen molar-refractivity contribution < 1.29 is 9.90 Å². The Morgan fingerprint density at radius 2 is 2.45 bits per heavy atom. The lowest BCUT2D eigenvalue weighted by atomic mass is 9.80. The number of primary amides is 1. The zero-order valence-corrected chi connectivity index (χ0v) is 6.58. The standard InChI is InChI=1S/C8H13NO2/c1-6-4-2-3-5-8(6,11)7(9)10/h2,4,6,11H,3,5H2,1H3,(H2,9,10). The average Bonchev–Trinajstić information content (AvgIpc) is 1.95. The number of amides is 1. The van der Waals surface area contributed by atoms with Gasteiger partial charge in [-0.15, -0.1) is 0 Å². The maximum absolute atomic E-state index is 10.8. The van der Waals surface area contributed by atoms with Crippen molar-refractivity contribution >= 4 is 5.91 Å². The van der Waals surface area contributed by atoms with Crippen LogP contribution in [0, 0.1) is 5.92 Å². The molecule has 0 aromatic heterocycles. The van der Waals surface area contributed by atoms with Gasteiger partial charge in [0.1, 0.15) is 5.60 Å². The van der Waals surface area contributed by atoms with E-state index in [-0.39, 0.29) is 5.92 Å². The normalized spacial score (nSPS) is 37.1. The Morgan fingerprint density at radius 1 is 1.82 bits per heavy atom. The van der Waals surface area contributed by atoms with E-state index in [1.165, 1.54) is 0 Å². The van der Waals surface area contributed by atoms with Crippen LogP contribution in [0.3, 0.4) is 0 Å². The minimum Gasteiger partial charge on any atom is -0.379 e. The SMILES string of the molecule is CC1C=CCCC1(O)C(N)=O. The lowest BCUT2D eigenvalue weighted by Crippen LogP contribution is -2.49. The van der Waals surface area contributed by atoms with Gasteiger partial charge in [0, 0.05) is 5.92 Å². The van der Waals surface area contributed by atoms with Gasteiger partial charge < -0.3 is 10.8 Å². The summed E-state index contributed by atoms with van der Waals surface area (Å²) in [7, 11) is 0. The van der Waals surface area contributed by atoms with Gasteiger partial charge in [-0.25, -0.2) is 0 Å². The van der Waals surface area contributed by atoms with E-state index < -0.39 is 11.5 Å². The first-order valence-electron chi connectivity index (χ1n) is 3.76. The zero-order chi connectivity index (χ0) is 8.48. The monoisotopic (exact) mass is 155 g/mol. The van der Waals surface area contributed by atoms with E-state index >= 15 is 0 Å². The van der Waals surface area contributed by atoms with Crippen molar-refractivity contribution in [2.75, 3.05) is 0 Å². The van der Waals surface area contributed by atoms with Crippen molar-refractivity contribution in [3.05, 3.63) is 12.2 Å². The van der Waals surface area contributed by atoms with Crippen LogP contribution in [-0.4, -0.2) is 16.6 Å². The highest BCUT2D eigenvalue weighted by molar-refractivity contribution is 5.84. The molecule has 2 unspecified atom stereocenters. The first kappa shape index (κ1) is 8.27. The summed E-state index contributed by atoms with van der Waals surface area (Å²) >= 11 is 0. The molecule has 0 aromatic carbocycles. The van der Waals surface area contributed by atoms with Crippen LogP contribution in [-0.2, 0) is 4.79 Å². The number of hydrogen-bond acceptors (Lipinski definition) is 2. The molecular formula is C8H13NO2. The van der Waals surface area contributed by atoms with Gasteiger partial charge >= 0.3 is 0 Å². The van der Waals surface area contributed by atoms with Crippen LogP contribution >= 0.6 is 0 Å². The second kappa shape index (κ2) is 2.66. The summed E-state index contributed by atoms with van der Waals surface area (Å²) in [5, 5.41) is 9.69. The van der Waals surface area contributed by atoms with Gasteiger partial charge in [0.2, 0.25) is 5.91 Å². The smallest absolute Gasteiger partial charge is 0.250 e. The van der Waals surface area contributed by atoms with E-state index in [4.69, 9.17) is 5.73 Å². The van der Waals surface area contributed by atoms with Gasteiger partial charge in [-0.3, -0.25) is 4.79 Å². The molecule has 0 fully saturated rings. The average molecular weight is 155 g/mol. The lowest BCUT2D eigenvalue weighted by Gasteiger charge is -2.31. The van der Waals surface area contributed by atoms with Crippen molar-refractivity contribution in [3.63, 3.8) is 0 Å². The van der Waals surface area contributed by atoms with Crippen molar-refractivity contribution in [1.82, 2.24) is 0 Å². The number of allylic oxidation sites excluding steroid dienone is 1. The van der Waals surface area contributed by atoms with E-state index in [0.717, 1.165) is 6.42 Å². The molecule has 1 aliphatic carbocycles. The molecule has 11 heavy (non-hydrogen) atoms. The first-order valence-corrected chi connectivity index (χ1v) is 3.76. The largest absolute Gasteiger partial charge is 0.379 e. The number of aliphatic hydroxyl groups is 1. The van der Waals surface area contributed by atoms with Crippen LogP contribution in [0.4, 0.5) is 0 Å². The summed E-state index contributed by atoms with van der Waals surface area (Å²) < 4.78 is 0. The Labute approximate surface area is 65.9 Å². The quantitative estimate of drug-likeness (QED) is 0.531. The maximum Gasteiger partial charge on any atom is 0.250 e. The third-order valence-electron chi connectivity index (χ3n) is 2.30. The molecule has 2 atom stereocenters. The van der Waals surface area contributed by atoms with E-state index in [0.29, 0.717) is 6.42 Å². The molecule has 1 aliphatic rings. The van der Waals surface area contributed by atoms with Gasteiger partial charge in [0.05, 0.1) is 0 Å². The summed E-state index contributed by atoms with van der Waals surface area (Å²) in [6, 6.07) is 0. The molecule has 0 heterocycles. The molecule has 62 valence electrons. The Kier molecular flexibility index (Phi) is 2.00. The van der Waals surface area contributed by atoms with Crippen molar-refractivity contribution in [2.24, 2.45) is 11.7 Å². The highest BCUT2D eigenvalue weighted by Gasteiger charge is 2.39. The van der Waals surface area contributed by atoms with Gasteiger partial charge in [0.15, 0.2) is 0 Å². The van der Waals surface area contributed by atoms with Gasteiger partial charge in [-0.1, -0.05) is 19.1 Å². The van der Waals surface area contributed by atoms with Gasteiger partial charge in [0.25, 0.3) is 0 Å². The molecule has 0 aliphatic heterocycles. The first-order chi connectivity index (χ1) is 5.07. The minimum atomic E-state index is -1.31. The van der Waals surface area contributed by atoms with Crippen LogP contribution in [0.1, 0.15) is 19.8 Å². The number of carbonyl (C=O) groups excluding carboxylic acids is 1. The van der Waals surface area contributed by atoms with Crippen molar-refractivity contribution in [2.45, 2.75) is 25.4 Å². The zero-order valence-electron chi connectivity index (χ0n) is 6.58. The Morgan fingerprint density at radius 3 is 2.82 bits per heavy atom. The van der Waals surface area contributed by atoms with Crippen molar-refractivity contribution in [3.8, 4) is 0 Å². The number of carbonyl (C=O) groups is 1. The predicted molar refractivity (Wildman–Crippen MR) is 41.7 cm³/mol. The second-order valence-corrected chi connectivity index (χ2v) is 3.04. The van der Waals surface area contributed by atoms with E-state index in [1.807, 2.05) is 12.2 Å². The highest BCUT2D eigenvalue weighted by Crippen LogP contribution is 2.28. The summed E-state index contributed by atoms with van der Waals surface area (Å²) in [6.07, 6.45) is 4.96. The molecule has 0 spiro atoms.